The Labute approximate surface area is 84.3 Å². The average Bonchev–Trinajstić information content (AvgIpc) is 2.18. The van der Waals surface area contributed by atoms with Crippen molar-refractivity contribution in [3.8, 4) is 0 Å². The van der Waals surface area contributed by atoms with Crippen molar-refractivity contribution in [2.75, 3.05) is 0 Å². The highest BCUT2D eigenvalue weighted by molar-refractivity contribution is 9.10. The number of nitrogens with zero attached hydrogens (tertiary/aromatic N) is 1. The van der Waals surface area contributed by atoms with Gasteiger partial charge in [-0.25, -0.2) is 4.98 Å². The van der Waals surface area contributed by atoms with E-state index in [0.717, 1.165) is 15.4 Å². The summed E-state index contributed by atoms with van der Waals surface area (Å²) in [5.41, 5.74) is 1.58. The van der Waals surface area contributed by atoms with Gasteiger partial charge in [-0.3, -0.25) is 0 Å². The molecule has 0 radical (unpaired) electrons. The topological polar surface area (TPSA) is 36.7 Å². The summed E-state index contributed by atoms with van der Waals surface area (Å²) in [4.78, 5) is 4.28. The summed E-state index contributed by atoms with van der Waals surface area (Å²) in [6, 6.07) is 9.69. The van der Waals surface area contributed by atoms with Crippen LogP contribution in [0, 0.1) is 5.41 Å². The summed E-state index contributed by atoms with van der Waals surface area (Å²) in [5, 5.41) is 8.18. The number of rotatable bonds is 1. The molecule has 1 aromatic carbocycles. The number of aromatic nitrogens is 1. The van der Waals surface area contributed by atoms with Crippen molar-refractivity contribution in [1.29, 1.82) is 5.41 Å². The molecule has 0 aliphatic heterocycles. The Morgan fingerprint density at radius 3 is 2.85 bits per heavy atom. The Hall–Kier alpha value is -1.22. The molecule has 3 heteroatoms. The van der Waals surface area contributed by atoms with Crippen LogP contribution in [0.1, 0.15) is 5.69 Å². The van der Waals surface area contributed by atoms with Crippen LogP contribution in [0.25, 0.3) is 10.9 Å². The highest BCUT2D eigenvalue weighted by atomic mass is 79.9. The molecule has 1 aromatic heterocycles. The van der Waals surface area contributed by atoms with Crippen LogP contribution in [-0.2, 0) is 0 Å². The largest absolute Gasteiger partial charge is 0.307 e. The van der Waals surface area contributed by atoms with E-state index < -0.39 is 0 Å². The zero-order valence-electron chi connectivity index (χ0n) is 6.79. The van der Waals surface area contributed by atoms with E-state index in [4.69, 9.17) is 5.41 Å². The number of pyridine rings is 1. The lowest BCUT2D eigenvalue weighted by molar-refractivity contribution is 1.35. The standard InChI is InChI=1S/C10H7BrN2/c11-9-5-7(6-12)13-10-4-2-1-3-8(9)10/h1-6,12H. The molecular formula is C10H7BrN2. The summed E-state index contributed by atoms with van der Waals surface area (Å²) in [6.07, 6.45) is 1.25. The van der Waals surface area contributed by atoms with Crippen LogP contribution >= 0.6 is 15.9 Å². The van der Waals surface area contributed by atoms with E-state index in [2.05, 4.69) is 20.9 Å². The van der Waals surface area contributed by atoms with Gasteiger partial charge in [0.2, 0.25) is 0 Å². The molecule has 0 saturated heterocycles. The fourth-order valence-electron chi connectivity index (χ4n) is 1.23. The minimum Gasteiger partial charge on any atom is -0.307 e. The lowest BCUT2D eigenvalue weighted by Crippen LogP contribution is -1.88. The molecule has 0 amide bonds. The van der Waals surface area contributed by atoms with Gasteiger partial charge in [0.15, 0.2) is 0 Å². The van der Waals surface area contributed by atoms with Crippen molar-refractivity contribution in [3.63, 3.8) is 0 Å². The number of para-hydroxylation sites is 1. The lowest BCUT2D eigenvalue weighted by atomic mass is 10.2. The molecule has 2 rings (SSSR count). The van der Waals surface area contributed by atoms with E-state index in [9.17, 15) is 0 Å². The second-order valence-corrected chi connectivity index (χ2v) is 3.54. The first-order valence-electron chi connectivity index (χ1n) is 3.87. The minimum atomic E-state index is 0.672. The van der Waals surface area contributed by atoms with Crippen molar-refractivity contribution in [1.82, 2.24) is 4.98 Å². The van der Waals surface area contributed by atoms with Gasteiger partial charge in [0.1, 0.15) is 0 Å². The first kappa shape index (κ1) is 8.38. The maximum atomic E-state index is 7.11. The van der Waals surface area contributed by atoms with Crippen LogP contribution < -0.4 is 0 Å². The SMILES string of the molecule is N=Cc1cc(Br)c2ccccc2n1. The van der Waals surface area contributed by atoms with Crippen molar-refractivity contribution < 1.29 is 0 Å². The third-order valence-corrected chi connectivity index (χ3v) is 2.49. The number of hydrogen-bond donors (Lipinski definition) is 1. The normalized spacial score (nSPS) is 10.2. The van der Waals surface area contributed by atoms with Crippen LogP contribution in [0.4, 0.5) is 0 Å². The number of hydrogen-bond acceptors (Lipinski definition) is 2. The molecule has 0 fully saturated rings. The van der Waals surface area contributed by atoms with Crippen LogP contribution in [0.5, 0.6) is 0 Å². The molecule has 0 unspecified atom stereocenters. The molecule has 1 heterocycles. The first-order valence-corrected chi connectivity index (χ1v) is 4.66. The highest BCUT2D eigenvalue weighted by Gasteiger charge is 2.00. The number of halogens is 1. The zero-order valence-corrected chi connectivity index (χ0v) is 8.38. The summed E-state index contributed by atoms with van der Waals surface area (Å²) in [5.74, 6) is 0. The first-order chi connectivity index (χ1) is 6.31. The fraction of sp³-hybridized carbons (Fsp3) is 0. The average molecular weight is 235 g/mol. The third-order valence-electron chi connectivity index (χ3n) is 1.83. The molecule has 0 spiro atoms. The van der Waals surface area contributed by atoms with E-state index >= 15 is 0 Å². The number of fused-ring (bicyclic) bond motifs is 1. The molecule has 0 atom stereocenters. The lowest BCUT2D eigenvalue weighted by Gasteiger charge is -2.00. The summed E-state index contributed by atoms with van der Waals surface area (Å²) < 4.78 is 0.983. The zero-order chi connectivity index (χ0) is 9.26. The predicted octanol–water partition coefficient (Wildman–Crippen LogP) is 2.99. The maximum absolute atomic E-state index is 7.11. The van der Waals surface area contributed by atoms with Crippen molar-refractivity contribution in [3.05, 3.63) is 40.5 Å². The Balaban J connectivity index is 2.84. The van der Waals surface area contributed by atoms with Crippen LogP contribution in [0.3, 0.4) is 0 Å². The van der Waals surface area contributed by atoms with E-state index in [-0.39, 0.29) is 0 Å². The van der Waals surface area contributed by atoms with Crippen molar-refractivity contribution >= 4 is 33.0 Å². The second-order valence-electron chi connectivity index (χ2n) is 2.69. The Morgan fingerprint density at radius 2 is 2.08 bits per heavy atom. The van der Waals surface area contributed by atoms with Crippen LogP contribution in [0.15, 0.2) is 34.8 Å². The summed E-state index contributed by atoms with van der Waals surface area (Å²) >= 11 is 3.45. The van der Waals surface area contributed by atoms with Gasteiger partial charge >= 0.3 is 0 Å². The monoisotopic (exact) mass is 234 g/mol. The second kappa shape index (κ2) is 3.26. The Kier molecular flexibility index (Phi) is 2.10. The Morgan fingerprint density at radius 1 is 1.31 bits per heavy atom. The van der Waals surface area contributed by atoms with Gasteiger partial charge in [-0.2, -0.15) is 0 Å². The summed E-state index contributed by atoms with van der Waals surface area (Å²) in [6.45, 7) is 0. The number of benzene rings is 1. The molecule has 2 aromatic rings. The van der Waals surface area contributed by atoms with Crippen LogP contribution in [0.2, 0.25) is 0 Å². The quantitative estimate of drug-likeness (QED) is 0.758. The molecule has 0 aliphatic rings. The van der Waals surface area contributed by atoms with Crippen molar-refractivity contribution in [2.45, 2.75) is 0 Å². The molecule has 0 aliphatic carbocycles. The van der Waals surface area contributed by atoms with Gasteiger partial charge in [-0.05, 0) is 12.1 Å². The molecule has 64 valence electrons. The summed E-state index contributed by atoms with van der Waals surface area (Å²) in [7, 11) is 0. The van der Waals surface area contributed by atoms with E-state index in [1.54, 1.807) is 0 Å². The van der Waals surface area contributed by atoms with Gasteiger partial charge < -0.3 is 5.41 Å². The van der Waals surface area contributed by atoms with Gasteiger partial charge in [-0.1, -0.05) is 34.1 Å². The molecule has 0 saturated carbocycles. The molecule has 13 heavy (non-hydrogen) atoms. The molecule has 0 bridgehead atoms. The van der Waals surface area contributed by atoms with Crippen molar-refractivity contribution in [2.24, 2.45) is 0 Å². The molecular weight excluding hydrogens is 228 g/mol. The smallest absolute Gasteiger partial charge is 0.0824 e. The van der Waals surface area contributed by atoms with Gasteiger partial charge in [0.05, 0.1) is 11.2 Å². The Bertz CT molecular complexity index is 465. The third kappa shape index (κ3) is 1.47. The maximum Gasteiger partial charge on any atom is 0.0824 e. The van der Waals surface area contributed by atoms with E-state index in [1.807, 2.05) is 30.3 Å². The van der Waals surface area contributed by atoms with Gasteiger partial charge in [-0.15, -0.1) is 0 Å². The van der Waals surface area contributed by atoms with Gasteiger partial charge in [0.25, 0.3) is 0 Å². The number of nitrogens with one attached hydrogen (secondary N) is 1. The molecule has 2 nitrogen and oxygen atoms in total. The minimum absolute atomic E-state index is 0.672. The molecule has 1 N–H and O–H groups in total. The highest BCUT2D eigenvalue weighted by Crippen LogP contribution is 2.22. The van der Waals surface area contributed by atoms with Gasteiger partial charge in [0, 0.05) is 16.1 Å². The predicted molar refractivity (Wildman–Crippen MR) is 57.3 cm³/mol. The van der Waals surface area contributed by atoms with Crippen LogP contribution in [-0.4, -0.2) is 11.2 Å². The fourth-order valence-corrected chi connectivity index (χ4v) is 1.80. The van der Waals surface area contributed by atoms with E-state index in [1.165, 1.54) is 6.21 Å². The van der Waals surface area contributed by atoms with E-state index in [0.29, 0.717) is 5.69 Å².